The molecule has 1 aromatic rings. The number of nitrogens with zero attached hydrogens (tertiary/aromatic N) is 3. The third-order valence-electron chi connectivity index (χ3n) is 2.63. The molecule has 1 aromatic heterocycles. The van der Waals surface area contributed by atoms with Crippen molar-refractivity contribution in [3.8, 4) is 0 Å². The first-order valence-corrected chi connectivity index (χ1v) is 5.11. The Bertz CT molecular complexity index is 469. The normalized spacial score (nSPS) is 19.4. The molecular weight excluding hydrogens is 222 g/mol. The minimum atomic E-state index is -1.14. The highest BCUT2D eigenvalue weighted by molar-refractivity contribution is 5.95. The fourth-order valence-corrected chi connectivity index (χ4v) is 1.70. The van der Waals surface area contributed by atoms with Gasteiger partial charge in [0.1, 0.15) is 0 Å². The molecule has 0 saturated carbocycles. The van der Waals surface area contributed by atoms with E-state index in [4.69, 9.17) is 5.11 Å². The zero-order chi connectivity index (χ0) is 12.4. The lowest BCUT2D eigenvalue weighted by atomic mass is 10.1. The predicted molar refractivity (Wildman–Crippen MR) is 59.6 cm³/mol. The number of hydrogen-bond donors (Lipinski definition) is 1. The van der Waals surface area contributed by atoms with E-state index in [1.54, 1.807) is 6.08 Å². The average molecular weight is 233 g/mol. The summed E-state index contributed by atoms with van der Waals surface area (Å²) in [5.41, 5.74) is -0.138. The van der Waals surface area contributed by atoms with Crippen molar-refractivity contribution >= 4 is 17.7 Å². The first-order chi connectivity index (χ1) is 8.11. The van der Waals surface area contributed by atoms with Gasteiger partial charge in [-0.05, 0) is 12.1 Å². The molecule has 0 aromatic carbocycles. The Balaban J connectivity index is 2.20. The molecule has 1 aliphatic rings. The number of aromatic nitrogens is 2. The van der Waals surface area contributed by atoms with Crippen LogP contribution in [-0.2, 0) is 4.79 Å². The summed E-state index contributed by atoms with van der Waals surface area (Å²) < 4.78 is 0. The maximum atomic E-state index is 11.7. The summed E-state index contributed by atoms with van der Waals surface area (Å²) in [6.45, 7) is 4.17. The fourth-order valence-electron chi connectivity index (χ4n) is 1.70. The number of carboxylic acid groups (broad SMARTS) is 1. The number of carbonyl (C=O) groups is 2. The largest absolute Gasteiger partial charge is 0.476 e. The van der Waals surface area contributed by atoms with Crippen LogP contribution in [-0.4, -0.2) is 33.7 Å². The molecule has 17 heavy (non-hydrogen) atoms. The van der Waals surface area contributed by atoms with Gasteiger partial charge in [-0.1, -0.05) is 6.08 Å². The first-order valence-electron chi connectivity index (χ1n) is 5.11. The Morgan fingerprint density at radius 2 is 2.29 bits per heavy atom. The van der Waals surface area contributed by atoms with Gasteiger partial charge in [-0.3, -0.25) is 9.69 Å². The lowest BCUT2D eigenvalue weighted by Gasteiger charge is -2.13. The van der Waals surface area contributed by atoms with E-state index in [-0.39, 0.29) is 17.5 Å². The van der Waals surface area contributed by atoms with Crippen molar-refractivity contribution in [1.82, 2.24) is 10.2 Å². The summed E-state index contributed by atoms with van der Waals surface area (Å²) >= 11 is 0. The van der Waals surface area contributed by atoms with Crippen LogP contribution in [0.5, 0.6) is 0 Å². The summed E-state index contributed by atoms with van der Waals surface area (Å²) in [6.07, 6.45) is 2.14. The van der Waals surface area contributed by atoms with Crippen molar-refractivity contribution in [2.45, 2.75) is 6.42 Å². The summed E-state index contributed by atoms with van der Waals surface area (Å²) in [4.78, 5) is 23.7. The SMILES string of the molecule is C=CC1CC(=O)N(c2ccc(C(=O)O)nn2)C1. The Morgan fingerprint density at radius 1 is 1.53 bits per heavy atom. The Morgan fingerprint density at radius 3 is 2.76 bits per heavy atom. The van der Waals surface area contributed by atoms with Crippen LogP contribution >= 0.6 is 0 Å². The van der Waals surface area contributed by atoms with Crippen LogP contribution in [0.4, 0.5) is 5.82 Å². The molecule has 1 unspecified atom stereocenters. The molecule has 0 spiro atoms. The monoisotopic (exact) mass is 233 g/mol. The van der Waals surface area contributed by atoms with E-state index in [0.29, 0.717) is 18.8 Å². The molecule has 1 saturated heterocycles. The van der Waals surface area contributed by atoms with Gasteiger partial charge in [0.05, 0.1) is 0 Å². The number of rotatable bonds is 3. The predicted octanol–water partition coefficient (Wildman–Crippen LogP) is 0.714. The van der Waals surface area contributed by atoms with Crippen molar-refractivity contribution in [2.24, 2.45) is 5.92 Å². The van der Waals surface area contributed by atoms with Crippen molar-refractivity contribution in [3.05, 3.63) is 30.5 Å². The molecular formula is C11H11N3O3. The Labute approximate surface area is 97.6 Å². The molecule has 0 bridgehead atoms. The second-order valence-electron chi connectivity index (χ2n) is 3.79. The van der Waals surface area contributed by atoms with Crippen molar-refractivity contribution in [1.29, 1.82) is 0 Å². The van der Waals surface area contributed by atoms with Crippen LogP contribution in [0.2, 0.25) is 0 Å². The minimum Gasteiger partial charge on any atom is -0.476 e. The van der Waals surface area contributed by atoms with Crippen LogP contribution in [0.15, 0.2) is 24.8 Å². The summed E-state index contributed by atoms with van der Waals surface area (Å²) in [6, 6.07) is 2.82. The van der Waals surface area contributed by atoms with Gasteiger partial charge in [0, 0.05) is 18.9 Å². The number of amides is 1. The molecule has 2 rings (SSSR count). The van der Waals surface area contributed by atoms with Gasteiger partial charge in [-0.25, -0.2) is 4.79 Å². The van der Waals surface area contributed by atoms with Crippen LogP contribution < -0.4 is 4.90 Å². The topological polar surface area (TPSA) is 83.4 Å². The second-order valence-corrected chi connectivity index (χ2v) is 3.79. The summed E-state index contributed by atoms with van der Waals surface area (Å²) in [5.74, 6) is -0.694. The van der Waals surface area contributed by atoms with E-state index in [2.05, 4.69) is 16.8 Å². The quantitative estimate of drug-likeness (QED) is 0.777. The fraction of sp³-hybridized carbons (Fsp3) is 0.273. The van der Waals surface area contributed by atoms with Crippen LogP contribution in [0.25, 0.3) is 0 Å². The standard InChI is InChI=1S/C11H11N3O3/c1-2-7-5-10(15)14(6-7)9-4-3-8(11(16)17)12-13-9/h2-4,7H,1,5-6H2,(H,16,17). The molecule has 88 valence electrons. The molecule has 6 nitrogen and oxygen atoms in total. The van der Waals surface area contributed by atoms with Crippen LogP contribution in [0.3, 0.4) is 0 Å². The highest BCUT2D eigenvalue weighted by atomic mass is 16.4. The van der Waals surface area contributed by atoms with E-state index in [0.717, 1.165) is 0 Å². The van der Waals surface area contributed by atoms with Crippen molar-refractivity contribution in [3.63, 3.8) is 0 Å². The number of carboxylic acids is 1. The highest BCUT2D eigenvalue weighted by Gasteiger charge is 2.29. The Kier molecular flexibility index (Phi) is 2.86. The third-order valence-corrected chi connectivity index (χ3v) is 2.63. The molecule has 1 N–H and O–H groups in total. The zero-order valence-electron chi connectivity index (χ0n) is 9.04. The van der Waals surface area contributed by atoms with Gasteiger partial charge in [-0.15, -0.1) is 16.8 Å². The molecule has 2 heterocycles. The molecule has 6 heteroatoms. The van der Waals surface area contributed by atoms with Gasteiger partial charge < -0.3 is 5.11 Å². The maximum Gasteiger partial charge on any atom is 0.356 e. The van der Waals surface area contributed by atoms with E-state index in [1.807, 2.05) is 0 Å². The first kappa shape index (κ1) is 11.3. The van der Waals surface area contributed by atoms with Gasteiger partial charge in [0.15, 0.2) is 11.5 Å². The van der Waals surface area contributed by atoms with Gasteiger partial charge >= 0.3 is 5.97 Å². The van der Waals surface area contributed by atoms with E-state index in [1.165, 1.54) is 17.0 Å². The highest BCUT2D eigenvalue weighted by Crippen LogP contribution is 2.23. The third kappa shape index (κ3) is 2.15. The van der Waals surface area contributed by atoms with Gasteiger partial charge in [0.2, 0.25) is 5.91 Å². The van der Waals surface area contributed by atoms with Gasteiger partial charge in [-0.2, -0.15) is 0 Å². The van der Waals surface area contributed by atoms with Crippen molar-refractivity contribution in [2.75, 3.05) is 11.4 Å². The molecule has 0 aliphatic carbocycles. The number of hydrogen-bond acceptors (Lipinski definition) is 4. The maximum absolute atomic E-state index is 11.7. The molecule has 1 fully saturated rings. The lowest BCUT2D eigenvalue weighted by Crippen LogP contribution is -2.25. The number of carbonyl (C=O) groups excluding carboxylic acids is 1. The average Bonchev–Trinajstić information content (AvgIpc) is 2.71. The molecule has 1 aliphatic heterocycles. The number of aromatic carboxylic acids is 1. The Hall–Kier alpha value is -2.24. The second kappa shape index (κ2) is 4.32. The smallest absolute Gasteiger partial charge is 0.356 e. The van der Waals surface area contributed by atoms with Crippen LogP contribution in [0.1, 0.15) is 16.9 Å². The lowest BCUT2D eigenvalue weighted by molar-refractivity contribution is -0.117. The van der Waals surface area contributed by atoms with Crippen molar-refractivity contribution < 1.29 is 14.7 Å². The van der Waals surface area contributed by atoms with Crippen LogP contribution in [0, 0.1) is 5.92 Å². The molecule has 0 radical (unpaired) electrons. The van der Waals surface area contributed by atoms with E-state index in [9.17, 15) is 9.59 Å². The zero-order valence-corrected chi connectivity index (χ0v) is 9.04. The number of anilines is 1. The van der Waals surface area contributed by atoms with E-state index >= 15 is 0 Å². The summed E-state index contributed by atoms with van der Waals surface area (Å²) in [5, 5.41) is 16.0. The van der Waals surface area contributed by atoms with Gasteiger partial charge in [0.25, 0.3) is 0 Å². The minimum absolute atomic E-state index is 0.0488. The summed E-state index contributed by atoms with van der Waals surface area (Å²) in [7, 11) is 0. The molecule has 1 amide bonds. The molecule has 1 atom stereocenters. The van der Waals surface area contributed by atoms with E-state index < -0.39 is 5.97 Å².